The summed E-state index contributed by atoms with van der Waals surface area (Å²) < 4.78 is 12.5. The third kappa shape index (κ3) is 6.87. The topological polar surface area (TPSA) is 29.5 Å². The Morgan fingerprint density at radius 2 is 0.969 bits per heavy atom. The summed E-state index contributed by atoms with van der Waals surface area (Å²) in [5, 5.41) is 8.10. The third-order valence-corrected chi connectivity index (χ3v) is 12.7. The lowest BCUT2D eigenvalue weighted by molar-refractivity contribution is 0.604. The summed E-state index contributed by atoms with van der Waals surface area (Å²) >= 11 is 0. The molecule has 306 valence electrons. The smallest absolute Gasteiger partial charge is 0.136 e. The molecule has 0 radical (unpaired) electrons. The molecule has 3 heteroatoms. The lowest BCUT2D eigenvalue weighted by atomic mass is 9.95. The Labute approximate surface area is 377 Å². The van der Waals surface area contributed by atoms with Crippen molar-refractivity contribution in [2.75, 3.05) is 4.90 Å². The molecule has 0 amide bonds. The molecule has 2 aromatic heterocycles. The van der Waals surface area contributed by atoms with Crippen LogP contribution >= 0.6 is 0 Å². The van der Waals surface area contributed by atoms with Crippen LogP contribution in [0.5, 0.6) is 0 Å². The Balaban J connectivity index is 0.948. The van der Waals surface area contributed by atoms with E-state index in [0.717, 1.165) is 88.9 Å². The van der Waals surface area contributed by atoms with Gasteiger partial charge in [-0.15, -0.1) is 0 Å². The maximum atomic E-state index is 6.36. The molecule has 0 fully saturated rings. The van der Waals surface area contributed by atoms with E-state index >= 15 is 0 Å². The molecule has 0 saturated carbocycles. The van der Waals surface area contributed by atoms with E-state index in [1.54, 1.807) is 6.08 Å². The molecule has 0 aliphatic rings. The highest BCUT2D eigenvalue weighted by Crippen LogP contribution is 2.41. The molecular formula is C62H41NO2. The van der Waals surface area contributed by atoms with Crippen LogP contribution in [-0.4, -0.2) is 0 Å². The molecule has 0 aliphatic heterocycles. The summed E-state index contributed by atoms with van der Waals surface area (Å²) in [6.45, 7) is 4.11. The molecule has 10 aromatic carbocycles. The minimum atomic E-state index is 0.748. The fourth-order valence-corrected chi connectivity index (χ4v) is 9.43. The number of para-hydroxylation sites is 2. The van der Waals surface area contributed by atoms with Crippen molar-refractivity contribution in [1.82, 2.24) is 0 Å². The number of nitrogens with zero attached hydrogens (tertiary/aromatic N) is 1. The number of fused-ring (bicyclic) bond motifs is 6. The Hall–Kier alpha value is -8.66. The van der Waals surface area contributed by atoms with Gasteiger partial charge < -0.3 is 13.7 Å². The Kier molecular flexibility index (Phi) is 9.31. The normalized spacial score (nSPS) is 11.7. The van der Waals surface area contributed by atoms with Crippen molar-refractivity contribution in [2.45, 2.75) is 0 Å². The molecule has 0 unspecified atom stereocenters. The minimum Gasteiger partial charge on any atom is -0.456 e. The monoisotopic (exact) mass is 831 g/mol. The molecule has 65 heavy (non-hydrogen) atoms. The average molecular weight is 832 g/mol. The van der Waals surface area contributed by atoms with Gasteiger partial charge in [-0.25, -0.2) is 0 Å². The Morgan fingerprint density at radius 3 is 1.75 bits per heavy atom. The van der Waals surface area contributed by atoms with Crippen LogP contribution in [0.1, 0.15) is 16.9 Å². The zero-order valence-electron chi connectivity index (χ0n) is 35.5. The first-order valence-electron chi connectivity index (χ1n) is 22.0. The number of benzene rings is 10. The van der Waals surface area contributed by atoms with E-state index in [4.69, 9.17) is 8.83 Å². The standard InChI is InChI=1S/C62H41NO2/c1-2-59-55(57-38-46-15-3-4-16-47(46)40-62(57)64-59)35-29-44-14-6-9-23-58(44)63(51-33-27-42(28-34-51)48-30-36-61-56(39-48)54-21-8-10-24-60(54)65-61)50-31-25-41(26-32-50)45-18-11-19-49(37-45)53-22-12-17-43-13-5-7-20-52(43)53/h2-40H,1H2/b35-29+. The van der Waals surface area contributed by atoms with Gasteiger partial charge in [-0.3, -0.25) is 0 Å². The first kappa shape index (κ1) is 38.0. The fourth-order valence-electron chi connectivity index (χ4n) is 9.43. The lowest BCUT2D eigenvalue weighted by Gasteiger charge is -2.27. The fraction of sp³-hybridized carbons (Fsp3) is 0. The van der Waals surface area contributed by atoms with Gasteiger partial charge in [0.1, 0.15) is 22.5 Å². The zero-order valence-corrected chi connectivity index (χ0v) is 35.5. The van der Waals surface area contributed by atoms with E-state index in [1.807, 2.05) is 12.1 Å². The van der Waals surface area contributed by atoms with E-state index in [9.17, 15) is 0 Å². The second kappa shape index (κ2) is 15.9. The zero-order chi connectivity index (χ0) is 43.3. The number of furan rings is 2. The van der Waals surface area contributed by atoms with Crippen molar-refractivity contribution in [3.05, 3.63) is 242 Å². The number of hydrogen-bond donors (Lipinski definition) is 0. The lowest BCUT2D eigenvalue weighted by Crippen LogP contribution is -2.11. The Morgan fingerprint density at radius 1 is 0.369 bits per heavy atom. The molecule has 2 heterocycles. The summed E-state index contributed by atoms with van der Waals surface area (Å²) in [5.41, 5.74) is 14.9. The predicted octanol–water partition coefficient (Wildman–Crippen LogP) is 17.9. The van der Waals surface area contributed by atoms with Crippen LogP contribution in [0.3, 0.4) is 0 Å². The van der Waals surface area contributed by atoms with E-state index in [2.05, 4.69) is 230 Å². The quantitative estimate of drug-likeness (QED) is 0.145. The highest BCUT2D eigenvalue weighted by molar-refractivity contribution is 6.07. The molecule has 0 spiro atoms. The summed E-state index contributed by atoms with van der Waals surface area (Å²) in [7, 11) is 0. The van der Waals surface area contributed by atoms with Crippen molar-refractivity contribution in [2.24, 2.45) is 0 Å². The van der Waals surface area contributed by atoms with E-state index in [-0.39, 0.29) is 0 Å². The Bertz CT molecular complexity index is 3790. The van der Waals surface area contributed by atoms with Gasteiger partial charge in [-0.05, 0) is 139 Å². The van der Waals surface area contributed by atoms with Crippen molar-refractivity contribution in [1.29, 1.82) is 0 Å². The molecule has 12 aromatic rings. The van der Waals surface area contributed by atoms with Gasteiger partial charge in [0, 0.05) is 33.1 Å². The SMILES string of the molecule is C=Cc1oc2cc3ccccc3cc2c1/C=C/c1ccccc1N(c1ccc(-c2cccc(-c3cccc4ccccc34)c2)cc1)c1ccc(-c2ccc3oc4ccccc4c3c2)cc1. The van der Waals surface area contributed by atoms with Gasteiger partial charge >= 0.3 is 0 Å². The highest BCUT2D eigenvalue weighted by Gasteiger charge is 2.18. The minimum absolute atomic E-state index is 0.748. The van der Waals surface area contributed by atoms with E-state index in [1.165, 1.54) is 32.8 Å². The molecular weight excluding hydrogens is 791 g/mol. The second-order valence-electron chi connectivity index (χ2n) is 16.5. The number of rotatable bonds is 9. The van der Waals surface area contributed by atoms with Gasteiger partial charge in [0.25, 0.3) is 0 Å². The molecule has 0 bridgehead atoms. The molecule has 0 atom stereocenters. The number of hydrogen-bond acceptors (Lipinski definition) is 3. The predicted molar refractivity (Wildman–Crippen MR) is 275 cm³/mol. The second-order valence-corrected chi connectivity index (χ2v) is 16.5. The molecule has 12 rings (SSSR count). The summed E-state index contributed by atoms with van der Waals surface area (Å²) in [5.74, 6) is 0.748. The van der Waals surface area contributed by atoms with E-state index in [0.29, 0.717) is 0 Å². The van der Waals surface area contributed by atoms with Crippen LogP contribution < -0.4 is 4.90 Å². The van der Waals surface area contributed by atoms with E-state index < -0.39 is 0 Å². The molecule has 3 nitrogen and oxygen atoms in total. The van der Waals surface area contributed by atoms with Crippen molar-refractivity contribution in [3.63, 3.8) is 0 Å². The van der Waals surface area contributed by atoms with Crippen molar-refractivity contribution >= 4 is 89.7 Å². The molecule has 0 N–H and O–H groups in total. The van der Waals surface area contributed by atoms with Gasteiger partial charge in [0.05, 0.1) is 5.69 Å². The van der Waals surface area contributed by atoms with Crippen LogP contribution in [0.4, 0.5) is 17.1 Å². The van der Waals surface area contributed by atoms with Crippen LogP contribution in [0.25, 0.3) is 106 Å². The van der Waals surface area contributed by atoms with Gasteiger partial charge in [-0.2, -0.15) is 0 Å². The van der Waals surface area contributed by atoms with Crippen molar-refractivity contribution in [3.8, 4) is 33.4 Å². The largest absolute Gasteiger partial charge is 0.456 e. The summed E-state index contributed by atoms with van der Waals surface area (Å²) in [6.07, 6.45) is 6.16. The maximum absolute atomic E-state index is 6.36. The van der Waals surface area contributed by atoms with Gasteiger partial charge in [-0.1, -0.05) is 164 Å². The van der Waals surface area contributed by atoms with Crippen LogP contribution in [-0.2, 0) is 0 Å². The number of anilines is 3. The van der Waals surface area contributed by atoms with Gasteiger partial charge in [0.15, 0.2) is 0 Å². The van der Waals surface area contributed by atoms with Crippen LogP contribution in [0, 0.1) is 0 Å². The first-order valence-corrected chi connectivity index (χ1v) is 22.0. The highest BCUT2D eigenvalue weighted by atomic mass is 16.3. The van der Waals surface area contributed by atoms with Crippen molar-refractivity contribution < 1.29 is 8.83 Å². The average Bonchev–Trinajstić information content (AvgIpc) is 3.92. The first-order chi connectivity index (χ1) is 32.1. The van der Waals surface area contributed by atoms with Gasteiger partial charge in [0.2, 0.25) is 0 Å². The molecule has 0 saturated heterocycles. The van der Waals surface area contributed by atoms with Crippen LogP contribution in [0.15, 0.2) is 234 Å². The summed E-state index contributed by atoms with van der Waals surface area (Å²) in [6, 6.07) is 77.8. The third-order valence-electron chi connectivity index (χ3n) is 12.7. The summed E-state index contributed by atoms with van der Waals surface area (Å²) in [4.78, 5) is 2.35. The van der Waals surface area contributed by atoms with Crippen LogP contribution in [0.2, 0.25) is 0 Å². The maximum Gasteiger partial charge on any atom is 0.136 e. The molecule has 0 aliphatic carbocycles.